The highest BCUT2D eigenvalue weighted by atomic mass is 32.2. The third-order valence-corrected chi connectivity index (χ3v) is 4.28. The molecular weight excluding hydrogens is 302 g/mol. The van der Waals surface area contributed by atoms with Crippen LogP contribution in [0.15, 0.2) is 35.7 Å². The van der Waals surface area contributed by atoms with E-state index in [2.05, 4.69) is 15.5 Å². The average molecular weight is 317 g/mol. The number of para-hydroxylation sites is 2. The third kappa shape index (κ3) is 2.82. The maximum atomic E-state index is 12.5. The van der Waals surface area contributed by atoms with Gasteiger partial charge in [-0.25, -0.2) is 0 Å². The summed E-state index contributed by atoms with van der Waals surface area (Å²) in [6.45, 7) is 2.77. The first-order valence-corrected chi connectivity index (χ1v) is 7.87. The lowest BCUT2D eigenvalue weighted by Crippen LogP contribution is -2.43. The van der Waals surface area contributed by atoms with Gasteiger partial charge >= 0.3 is 0 Å². The molecule has 2 heterocycles. The Morgan fingerprint density at radius 2 is 2.23 bits per heavy atom. The molecule has 7 nitrogen and oxygen atoms in total. The summed E-state index contributed by atoms with van der Waals surface area (Å²) in [7, 11) is 0. The Bertz CT molecular complexity index is 715. The molecule has 114 valence electrons. The number of hydrogen-bond acceptors (Lipinski definition) is 5. The average Bonchev–Trinajstić information content (AvgIpc) is 2.99. The Morgan fingerprint density at radius 1 is 1.41 bits per heavy atom. The third-order valence-electron chi connectivity index (χ3n) is 3.32. The quantitative estimate of drug-likeness (QED) is 0.862. The van der Waals surface area contributed by atoms with Crippen LogP contribution in [0.3, 0.4) is 0 Å². The summed E-state index contributed by atoms with van der Waals surface area (Å²) in [5.74, 6) is -0.105. The summed E-state index contributed by atoms with van der Waals surface area (Å²) >= 11 is 1.32. The van der Waals surface area contributed by atoms with Crippen molar-refractivity contribution >= 4 is 35.0 Å². The van der Waals surface area contributed by atoms with Gasteiger partial charge in [-0.2, -0.15) is 0 Å². The number of aryl methyl sites for hydroxylation is 1. The lowest BCUT2D eigenvalue weighted by atomic mass is 10.2. The number of hydrogen-bond donors (Lipinski definition) is 1. The summed E-state index contributed by atoms with van der Waals surface area (Å²) < 4.78 is 1.87. The molecule has 0 fully saturated rings. The van der Waals surface area contributed by atoms with E-state index in [1.165, 1.54) is 16.7 Å². The zero-order chi connectivity index (χ0) is 15.5. The van der Waals surface area contributed by atoms with Crippen molar-refractivity contribution in [2.75, 3.05) is 22.5 Å². The number of nitrogens with zero attached hydrogens (tertiary/aromatic N) is 4. The Kier molecular flexibility index (Phi) is 4.10. The molecule has 2 amide bonds. The van der Waals surface area contributed by atoms with Crippen molar-refractivity contribution in [1.82, 2.24) is 14.8 Å². The molecule has 3 rings (SSSR count). The number of nitrogens with one attached hydrogen (secondary N) is 1. The fourth-order valence-corrected chi connectivity index (χ4v) is 3.09. The number of thioether (sulfide) groups is 1. The molecule has 0 radical (unpaired) electrons. The maximum absolute atomic E-state index is 12.5. The molecule has 0 saturated carbocycles. The smallest absolute Gasteiger partial charge is 0.244 e. The van der Waals surface area contributed by atoms with Crippen LogP contribution in [0.1, 0.15) is 6.92 Å². The molecule has 0 atom stereocenters. The van der Waals surface area contributed by atoms with Gasteiger partial charge in [0.25, 0.3) is 0 Å². The van der Waals surface area contributed by atoms with Crippen LogP contribution < -0.4 is 10.2 Å². The second kappa shape index (κ2) is 6.18. The first kappa shape index (κ1) is 14.6. The van der Waals surface area contributed by atoms with E-state index in [-0.39, 0.29) is 24.1 Å². The van der Waals surface area contributed by atoms with Crippen LogP contribution in [-0.4, -0.2) is 38.9 Å². The van der Waals surface area contributed by atoms with Crippen molar-refractivity contribution < 1.29 is 9.59 Å². The van der Waals surface area contributed by atoms with E-state index in [1.807, 2.05) is 29.7 Å². The Labute approximate surface area is 131 Å². The predicted octanol–water partition coefficient (Wildman–Crippen LogP) is 1.38. The van der Waals surface area contributed by atoms with Crippen LogP contribution in [0.2, 0.25) is 0 Å². The van der Waals surface area contributed by atoms with Gasteiger partial charge in [-0.05, 0) is 19.1 Å². The standard InChI is InChI=1S/C14H15N5O2S/c1-2-18-9-15-17-14(18)22-8-13(21)19-7-12(20)16-10-5-3-4-6-11(10)19/h3-6,9H,2,7-8H2,1H3,(H,16,20). The minimum Gasteiger partial charge on any atom is -0.323 e. The second-order valence-electron chi connectivity index (χ2n) is 4.73. The largest absolute Gasteiger partial charge is 0.323 e. The van der Waals surface area contributed by atoms with Crippen LogP contribution in [0.4, 0.5) is 11.4 Å². The highest BCUT2D eigenvalue weighted by Gasteiger charge is 2.26. The monoisotopic (exact) mass is 317 g/mol. The summed E-state index contributed by atoms with van der Waals surface area (Å²) in [6, 6.07) is 7.28. The number of amides is 2. The summed E-state index contributed by atoms with van der Waals surface area (Å²) in [4.78, 5) is 25.7. The van der Waals surface area contributed by atoms with Crippen molar-refractivity contribution in [3.63, 3.8) is 0 Å². The fraction of sp³-hybridized carbons (Fsp3) is 0.286. The van der Waals surface area contributed by atoms with E-state index >= 15 is 0 Å². The van der Waals surface area contributed by atoms with E-state index < -0.39 is 0 Å². The Morgan fingerprint density at radius 3 is 3.05 bits per heavy atom. The van der Waals surface area contributed by atoms with Gasteiger partial charge in [0.1, 0.15) is 12.9 Å². The van der Waals surface area contributed by atoms with Crippen LogP contribution >= 0.6 is 11.8 Å². The van der Waals surface area contributed by atoms with Crippen LogP contribution in [0, 0.1) is 0 Å². The number of carbonyl (C=O) groups excluding carboxylic acids is 2. The van der Waals surface area contributed by atoms with E-state index in [9.17, 15) is 9.59 Å². The molecule has 0 bridgehead atoms. The van der Waals surface area contributed by atoms with E-state index in [0.29, 0.717) is 10.8 Å². The van der Waals surface area contributed by atoms with Crippen LogP contribution in [0.25, 0.3) is 0 Å². The number of rotatable bonds is 4. The number of carbonyl (C=O) groups is 2. The van der Waals surface area contributed by atoms with Crippen molar-refractivity contribution in [3.05, 3.63) is 30.6 Å². The van der Waals surface area contributed by atoms with Crippen molar-refractivity contribution in [3.8, 4) is 0 Å². The van der Waals surface area contributed by atoms with Gasteiger partial charge in [0.2, 0.25) is 11.8 Å². The minimum absolute atomic E-state index is 0.0386. The number of fused-ring (bicyclic) bond motifs is 1. The van der Waals surface area contributed by atoms with Crippen molar-refractivity contribution in [2.45, 2.75) is 18.6 Å². The Balaban J connectivity index is 1.74. The molecule has 1 aliphatic rings. The molecule has 2 aromatic rings. The minimum atomic E-state index is -0.186. The maximum Gasteiger partial charge on any atom is 0.244 e. The summed E-state index contributed by atoms with van der Waals surface area (Å²) in [6.07, 6.45) is 1.64. The molecule has 0 saturated heterocycles. The molecule has 0 unspecified atom stereocenters. The predicted molar refractivity (Wildman–Crippen MR) is 83.8 cm³/mol. The van der Waals surface area contributed by atoms with Gasteiger partial charge in [-0.3, -0.25) is 9.59 Å². The van der Waals surface area contributed by atoms with Gasteiger partial charge in [0, 0.05) is 6.54 Å². The molecule has 1 aromatic carbocycles. The molecule has 0 spiro atoms. The van der Waals surface area contributed by atoms with Crippen LogP contribution in [0.5, 0.6) is 0 Å². The first-order valence-electron chi connectivity index (χ1n) is 6.89. The number of aromatic nitrogens is 3. The molecular formula is C14H15N5O2S. The summed E-state index contributed by atoms with van der Waals surface area (Å²) in [5, 5.41) is 11.3. The zero-order valence-electron chi connectivity index (χ0n) is 12.0. The number of benzene rings is 1. The van der Waals surface area contributed by atoms with E-state index in [0.717, 1.165) is 12.2 Å². The molecule has 1 aromatic heterocycles. The van der Waals surface area contributed by atoms with Gasteiger partial charge in [0.15, 0.2) is 5.16 Å². The lowest BCUT2D eigenvalue weighted by molar-refractivity contribution is -0.120. The fourth-order valence-electron chi connectivity index (χ4n) is 2.23. The van der Waals surface area contributed by atoms with Crippen molar-refractivity contribution in [2.24, 2.45) is 0 Å². The zero-order valence-corrected chi connectivity index (χ0v) is 12.8. The Hall–Kier alpha value is -2.35. The molecule has 1 N–H and O–H groups in total. The molecule has 1 aliphatic heterocycles. The van der Waals surface area contributed by atoms with E-state index in [4.69, 9.17) is 0 Å². The first-order chi connectivity index (χ1) is 10.7. The van der Waals surface area contributed by atoms with Gasteiger partial charge in [-0.1, -0.05) is 23.9 Å². The van der Waals surface area contributed by atoms with E-state index in [1.54, 1.807) is 12.4 Å². The number of anilines is 2. The van der Waals surface area contributed by atoms with Crippen molar-refractivity contribution in [1.29, 1.82) is 0 Å². The highest BCUT2D eigenvalue weighted by Crippen LogP contribution is 2.29. The molecule has 22 heavy (non-hydrogen) atoms. The SMILES string of the molecule is CCn1cnnc1SCC(=O)N1CC(=O)Nc2ccccc21. The molecule has 0 aliphatic carbocycles. The van der Waals surface area contributed by atoms with Crippen LogP contribution in [-0.2, 0) is 16.1 Å². The van der Waals surface area contributed by atoms with Gasteiger partial charge < -0.3 is 14.8 Å². The normalized spacial score (nSPS) is 13.7. The topological polar surface area (TPSA) is 80.1 Å². The summed E-state index contributed by atoms with van der Waals surface area (Å²) in [5.41, 5.74) is 1.39. The highest BCUT2D eigenvalue weighted by molar-refractivity contribution is 7.99. The van der Waals surface area contributed by atoms with Gasteiger partial charge in [0.05, 0.1) is 17.1 Å². The second-order valence-corrected chi connectivity index (χ2v) is 5.68. The molecule has 8 heteroatoms. The lowest BCUT2D eigenvalue weighted by Gasteiger charge is -2.29. The van der Waals surface area contributed by atoms with Gasteiger partial charge in [-0.15, -0.1) is 10.2 Å².